The Labute approximate surface area is 73.0 Å². The molecule has 70 valence electrons. The molecule has 0 rings (SSSR count). The molecule has 12 heavy (non-hydrogen) atoms. The minimum Gasteiger partial charge on any atom is -0.387 e. The summed E-state index contributed by atoms with van der Waals surface area (Å²) >= 11 is 0. The van der Waals surface area contributed by atoms with Gasteiger partial charge in [-0.2, -0.15) is 0 Å². The van der Waals surface area contributed by atoms with Gasteiger partial charge in [0.1, 0.15) is 0 Å². The van der Waals surface area contributed by atoms with Gasteiger partial charge in [-0.25, -0.2) is 0 Å². The summed E-state index contributed by atoms with van der Waals surface area (Å²) in [6, 6.07) is 0. The molecule has 0 heterocycles. The number of hydrogen-bond acceptors (Lipinski definition) is 2. The van der Waals surface area contributed by atoms with E-state index >= 15 is 0 Å². The van der Waals surface area contributed by atoms with Crippen molar-refractivity contribution in [3.8, 4) is 0 Å². The molecule has 1 amide bonds. The van der Waals surface area contributed by atoms with E-state index in [1.165, 1.54) is 0 Å². The number of aliphatic imine (C=N–C) groups is 1. The second kappa shape index (κ2) is 6.64. The molecule has 0 spiro atoms. The van der Waals surface area contributed by atoms with Crippen LogP contribution in [0.15, 0.2) is 4.99 Å². The van der Waals surface area contributed by atoms with Crippen LogP contribution in [0.2, 0.25) is 0 Å². The Kier molecular flexibility index (Phi) is 6.05. The molecule has 0 aromatic rings. The fourth-order valence-electron chi connectivity index (χ4n) is 0.811. The first-order valence-electron chi connectivity index (χ1n) is 4.24. The summed E-state index contributed by atoms with van der Waals surface area (Å²) in [5.74, 6) is 0.390. The van der Waals surface area contributed by atoms with E-state index in [0.717, 1.165) is 12.8 Å². The van der Waals surface area contributed by atoms with Gasteiger partial charge in [-0.15, -0.1) is 0 Å². The summed E-state index contributed by atoms with van der Waals surface area (Å²) < 4.78 is 0. The van der Waals surface area contributed by atoms with Crippen molar-refractivity contribution < 1.29 is 4.79 Å². The van der Waals surface area contributed by atoms with E-state index in [-0.39, 0.29) is 5.91 Å². The zero-order valence-corrected chi connectivity index (χ0v) is 7.55. The van der Waals surface area contributed by atoms with E-state index in [0.29, 0.717) is 25.2 Å². The molecule has 0 aromatic heterocycles. The minimum atomic E-state index is -0.278. The predicted octanol–water partition coefficient (Wildman–Crippen LogP) is 0.409. The van der Waals surface area contributed by atoms with Crippen LogP contribution in [0.4, 0.5) is 0 Å². The standard InChI is InChI=1S/C8H17N3O/c1-2-4-7(9)11-6-3-5-8(10)12/h2-6H2,1H3,(H2,9,11)(H2,10,12). The first-order chi connectivity index (χ1) is 5.66. The molecule has 0 aliphatic heterocycles. The molecule has 0 bridgehead atoms. The average molecular weight is 171 g/mol. The van der Waals surface area contributed by atoms with Crippen molar-refractivity contribution in [2.45, 2.75) is 32.6 Å². The first kappa shape index (κ1) is 10.9. The van der Waals surface area contributed by atoms with Gasteiger partial charge < -0.3 is 11.5 Å². The van der Waals surface area contributed by atoms with Crippen LogP contribution in [0.3, 0.4) is 0 Å². The van der Waals surface area contributed by atoms with Gasteiger partial charge in [-0.1, -0.05) is 6.92 Å². The molecule has 0 saturated carbocycles. The third kappa shape index (κ3) is 7.05. The van der Waals surface area contributed by atoms with Crippen molar-refractivity contribution in [2.24, 2.45) is 16.5 Å². The van der Waals surface area contributed by atoms with Crippen LogP contribution >= 0.6 is 0 Å². The van der Waals surface area contributed by atoms with Gasteiger partial charge in [0, 0.05) is 19.4 Å². The predicted molar refractivity (Wildman–Crippen MR) is 49.8 cm³/mol. The lowest BCUT2D eigenvalue weighted by atomic mass is 10.3. The maximum absolute atomic E-state index is 10.3. The zero-order valence-electron chi connectivity index (χ0n) is 7.55. The van der Waals surface area contributed by atoms with Crippen LogP contribution < -0.4 is 11.5 Å². The lowest BCUT2D eigenvalue weighted by molar-refractivity contribution is -0.118. The number of amides is 1. The topological polar surface area (TPSA) is 81.5 Å². The number of carbonyl (C=O) groups excluding carboxylic acids is 1. The highest BCUT2D eigenvalue weighted by Gasteiger charge is 1.93. The maximum atomic E-state index is 10.3. The Morgan fingerprint density at radius 2 is 2.00 bits per heavy atom. The second-order valence-corrected chi connectivity index (χ2v) is 2.69. The highest BCUT2D eigenvalue weighted by atomic mass is 16.1. The SMILES string of the molecule is CCCC(N)=NCCCC(N)=O. The van der Waals surface area contributed by atoms with Gasteiger partial charge in [0.05, 0.1) is 5.84 Å². The molecule has 4 nitrogen and oxygen atoms in total. The molecular weight excluding hydrogens is 154 g/mol. The largest absolute Gasteiger partial charge is 0.387 e. The van der Waals surface area contributed by atoms with Crippen LogP contribution in [-0.2, 0) is 4.79 Å². The monoisotopic (exact) mass is 171 g/mol. The van der Waals surface area contributed by atoms with E-state index in [1.807, 2.05) is 6.92 Å². The number of nitrogens with zero attached hydrogens (tertiary/aromatic N) is 1. The van der Waals surface area contributed by atoms with Crippen molar-refractivity contribution in [2.75, 3.05) is 6.54 Å². The molecule has 4 N–H and O–H groups in total. The molecule has 0 aromatic carbocycles. The summed E-state index contributed by atoms with van der Waals surface area (Å²) in [5, 5.41) is 0. The van der Waals surface area contributed by atoms with Gasteiger partial charge in [-0.05, 0) is 12.8 Å². The third-order valence-electron chi connectivity index (χ3n) is 1.40. The summed E-state index contributed by atoms with van der Waals surface area (Å²) in [5.41, 5.74) is 10.5. The zero-order chi connectivity index (χ0) is 9.40. The number of amidine groups is 1. The van der Waals surface area contributed by atoms with Crippen LogP contribution in [0.1, 0.15) is 32.6 Å². The number of nitrogens with two attached hydrogens (primary N) is 2. The first-order valence-corrected chi connectivity index (χ1v) is 4.24. The van der Waals surface area contributed by atoms with Crippen molar-refractivity contribution in [3.05, 3.63) is 0 Å². The Morgan fingerprint density at radius 1 is 1.33 bits per heavy atom. The van der Waals surface area contributed by atoms with Crippen LogP contribution in [0, 0.1) is 0 Å². The van der Waals surface area contributed by atoms with Crippen molar-refractivity contribution in [1.82, 2.24) is 0 Å². The van der Waals surface area contributed by atoms with Gasteiger partial charge >= 0.3 is 0 Å². The molecular formula is C8H17N3O. The molecule has 0 radical (unpaired) electrons. The van der Waals surface area contributed by atoms with Crippen LogP contribution in [0.25, 0.3) is 0 Å². The van der Waals surface area contributed by atoms with E-state index in [1.54, 1.807) is 0 Å². The Bertz CT molecular complexity index is 166. The third-order valence-corrected chi connectivity index (χ3v) is 1.40. The molecule has 0 unspecified atom stereocenters. The lowest BCUT2D eigenvalue weighted by Gasteiger charge is -1.97. The van der Waals surface area contributed by atoms with Crippen molar-refractivity contribution >= 4 is 11.7 Å². The molecule has 0 atom stereocenters. The molecule has 0 saturated heterocycles. The van der Waals surface area contributed by atoms with Crippen molar-refractivity contribution in [3.63, 3.8) is 0 Å². The summed E-state index contributed by atoms with van der Waals surface area (Å²) in [6.45, 7) is 2.65. The summed E-state index contributed by atoms with van der Waals surface area (Å²) in [4.78, 5) is 14.4. The minimum absolute atomic E-state index is 0.278. The fourth-order valence-corrected chi connectivity index (χ4v) is 0.811. The van der Waals surface area contributed by atoms with E-state index in [9.17, 15) is 4.79 Å². The molecule has 0 aliphatic carbocycles. The Hall–Kier alpha value is -1.06. The van der Waals surface area contributed by atoms with Crippen LogP contribution in [0.5, 0.6) is 0 Å². The smallest absolute Gasteiger partial charge is 0.217 e. The highest BCUT2D eigenvalue weighted by Crippen LogP contribution is 1.91. The summed E-state index contributed by atoms with van der Waals surface area (Å²) in [7, 11) is 0. The number of hydrogen-bond donors (Lipinski definition) is 2. The van der Waals surface area contributed by atoms with Gasteiger partial charge in [0.2, 0.25) is 5.91 Å². The van der Waals surface area contributed by atoms with Gasteiger partial charge in [0.15, 0.2) is 0 Å². The number of primary amides is 1. The maximum Gasteiger partial charge on any atom is 0.217 e. The quantitative estimate of drug-likeness (QED) is 0.345. The normalized spacial score (nSPS) is 11.6. The average Bonchev–Trinajstić information content (AvgIpc) is 1.98. The van der Waals surface area contributed by atoms with Crippen molar-refractivity contribution in [1.29, 1.82) is 0 Å². The fraction of sp³-hybridized carbons (Fsp3) is 0.750. The van der Waals surface area contributed by atoms with Crippen LogP contribution in [-0.4, -0.2) is 18.3 Å². The second-order valence-electron chi connectivity index (χ2n) is 2.69. The molecule has 0 aliphatic rings. The van der Waals surface area contributed by atoms with E-state index < -0.39 is 0 Å². The van der Waals surface area contributed by atoms with Gasteiger partial charge in [-0.3, -0.25) is 9.79 Å². The molecule has 0 fully saturated rings. The highest BCUT2D eigenvalue weighted by molar-refractivity contribution is 5.80. The Morgan fingerprint density at radius 3 is 2.50 bits per heavy atom. The molecule has 4 heteroatoms. The summed E-state index contributed by atoms with van der Waals surface area (Å²) in [6.07, 6.45) is 2.92. The number of rotatable bonds is 6. The lowest BCUT2D eigenvalue weighted by Crippen LogP contribution is -2.13. The van der Waals surface area contributed by atoms with E-state index in [2.05, 4.69) is 4.99 Å². The van der Waals surface area contributed by atoms with E-state index in [4.69, 9.17) is 11.5 Å². The van der Waals surface area contributed by atoms with Gasteiger partial charge in [0.25, 0.3) is 0 Å². The Balaban J connectivity index is 3.39. The number of carbonyl (C=O) groups is 1.